The Morgan fingerprint density at radius 1 is 1.26 bits per heavy atom. The van der Waals surface area contributed by atoms with Gasteiger partial charge in [-0.1, -0.05) is 11.6 Å². The summed E-state index contributed by atoms with van der Waals surface area (Å²) in [5.41, 5.74) is 3.93. The standard InChI is InChI=1S/C25H27ClN4O6S2/c1-13-17(25-18-8-23(26)29-9-15(18)2-3-35-25)7-22(37-13)24(32)19-10-28-12-30-20(19)5-14-4-16(21(31)6-14)11-36-38(27,33)34/h7-10,12,14,16,21,25,31H,2-6,11H2,1H3,(H2,27,33,34)/t14-,16+,21-,25?/m0/s1. The SMILES string of the molecule is Cc1sc(C(=O)c2cncnc2C[C@@H]2C[C@H](COS(N)(=O)=O)[C@@H](O)C2)cc1C1OCCc2cnc(Cl)cc21. The van der Waals surface area contributed by atoms with E-state index in [0.29, 0.717) is 47.2 Å². The Labute approximate surface area is 229 Å². The van der Waals surface area contributed by atoms with Gasteiger partial charge in [-0.2, -0.15) is 8.42 Å². The molecule has 4 atom stereocenters. The molecular formula is C25H27ClN4O6S2. The largest absolute Gasteiger partial charge is 0.393 e. The van der Waals surface area contributed by atoms with Crippen LogP contribution in [0.25, 0.3) is 0 Å². The number of pyridine rings is 1. The molecule has 2 aliphatic rings. The van der Waals surface area contributed by atoms with E-state index in [0.717, 1.165) is 28.0 Å². The number of hydrogen-bond donors (Lipinski definition) is 2. The summed E-state index contributed by atoms with van der Waals surface area (Å²) in [4.78, 5) is 27.8. The van der Waals surface area contributed by atoms with E-state index in [1.165, 1.54) is 23.9 Å². The number of thiophene rings is 1. The molecule has 38 heavy (non-hydrogen) atoms. The fourth-order valence-electron chi connectivity index (χ4n) is 5.28. The summed E-state index contributed by atoms with van der Waals surface area (Å²) in [5, 5.41) is 15.7. The first-order valence-electron chi connectivity index (χ1n) is 12.1. The van der Waals surface area contributed by atoms with Gasteiger partial charge in [-0.05, 0) is 67.3 Å². The number of nitrogens with zero attached hydrogens (tertiary/aromatic N) is 3. The van der Waals surface area contributed by atoms with E-state index in [1.807, 2.05) is 19.1 Å². The summed E-state index contributed by atoms with van der Waals surface area (Å²) in [5.74, 6) is -0.563. The Kier molecular flexibility index (Phi) is 7.92. The number of fused-ring (bicyclic) bond motifs is 1. The van der Waals surface area contributed by atoms with Crippen molar-refractivity contribution in [3.05, 3.63) is 73.7 Å². The zero-order chi connectivity index (χ0) is 27.0. The van der Waals surface area contributed by atoms with E-state index in [-0.39, 0.29) is 30.3 Å². The molecular weight excluding hydrogens is 552 g/mol. The van der Waals surface area contributed by atoms with Gasteiger partial charge in [0.15, 0.2) is 0 Å². The molecule has 0 bridgehead atoms. The van der Waals surface area contributed by atoms with Gasteiger partial charge >= 0.3 is 10.3 Å². The number of hydrogen-bond acceptors (Lipinski definition) is 10. The van der Waals surface area contributed by atoms with Gasteiger partial charge in [-0.3, -0.25) is 8.98 Å². The van der Waals surface area contributed by atoms with Crippen molar-refractivity contribution in [2.75, 3.05) is 13.2 Å². The Morgan fingerprint density at radius 2 is 2.08 bits per heavy atom. The highest BCUT2D eigenvalue weighted by Crippen LogP contribution is 2.39. The maximum atomic E-state index is 13.6. The third-order valence-electron chi connectivity index (χ3n) is 7.11. The summed E-state index contributed by atoms with van der Waals surface area (Å²) in [6, 6.07) is 3.69. The van der Waals surface area contributed by atoms with Crippen LogP contribution in [0.2, 0.25) is 5.15 Å². The molecule has 1 unspecified atom stereocenters. The minimum Gasteiger partial charge on any atom is -0.393 e. The molecule has 3 N–H and O–H groups in total. The molecule has 3 aromatic rings. The van der Waals surface area contributed by atoms with Crippen LogP contribution in [-0.4, -0.2) is 53.6 Å². The molecule has 0 radical (unpaired) electrons. The predicted molar refractivity (Wildman–Crippen MR) is 140 cm³/mol. The van der Waals surface area contributed by atoms with E-state index < -0.39 is 16.4 Å². The molecule has 3 aromatic heterocycles. The number of carbonyl (C=O) groups is 1. The maximum absolute atomic E-state index is 13.6. The summed E-state index contributed by atoms with van der Waals surface area (Å²) in [6.45, 7) is 2.33. The number of aliphatic hydroxyl groups is 1. The van der Waals surface area contributed by atoms with Crippen LogP contribution in [0.4, 0.5) is 0 Å². The second-order valence-electron chi connectivity index (χ2n) is 9.69. The molecule has 4 heterocycles. The highest BCUT2D eigenvalue weighted by Gasteiger charge is 2.35. The van der Waals surface area contributed by atoms with Crippen LogP contribution in [0.3, 0.4) is 0 Å². The fourth-order valence-corrected chi connectivity index (χ4v) is 6.82. The van der Waals surface area contributed by atoms with Gasteiger partial charge in [0.25, 0.3) is 0 Å². The molecule has 0 amide bonds. The summed E-state index contributed by atoms with van der Waals surface area (Å²) in [6.07, 6.45) is 5.78. The molecule has 5 rings (SSSR count). The van der Waals surface area contributed by atoms with Crippen LogP contribution in [0, 0.1) is 18.8 Å². The number of aryl methyl sites for hydroxylation is 1. The maximum Gasteiger partial charge on any atom is 0.333 e. The smallest absolute Gasteiger partial charge is 0.333 e. The zero-order valence-electron chi connectivity index (χ0n) is 20.5. The Hall–Kier alpha value is -2.32. The second kappa shape index (κ2) is 11.0. The van der Waals surface area contributed by atoms with Gasteiger partial charge in [-0.25, -0.2) is 20.1 Å². The number of ketones is 1. The fraction of sp³-hybridized carbons (Fsp3) is 0.440. The van der Waals surface area contributed by atoms with E-state index in [1.54, 1.807) is 6.20 Å². The van der Waals surface area contributed by atoms with Crippen LogP contribution in [0.1, 0.15) is 61.4 Å². The molecule has 0 spiro atoms. The highest BCUT2D eigenvalue weighted by molar-refractivity contribution is 7.84. The Bertz CT molecular complexity index is 1460. The molecule has 1 aliphatic heterocycles. The monoisotopic (exact) mass is 578 g/mol. The highest BCUT2D eigenvalue weighted by atomic mass is 35.5. The predicted octanol–water partition coefficient (Wildman–Crippen LogP) is 2.94. The minimum absolute atomic E-state index is 0.00772. The number of nitrogens with two attached hydrogens (primary N) is 1. The number of carbonyl (C=O) groups excluding carboxylic acids is 1. The third kappa shape index (κ3) is 5.96. The Balaban J connectivity index is 1.35. The number of halogens is 1. The van der Waals surface area contributed by atoms with Crippen LogP contribution in [0.5, 0.6) is 0 Å². The van der Waals surface area contributed by atoms with E-state index in [4.69, 9.17) is 21.5 Å². The van der Waals surface area contributed by atoms with Gasteiger partial charge in [-0.15, -0.1) is 11.3 Å². The Morgan fingerprint density at radius 3 is 2.87 bits per heavy atom. The number of ether oxygens (including phenoxy) is 1. The van der Waals surface area contributed by atoms with E-state index in [2.05, 4.69) is 19.1 Å². The summed E-state index contributed by atoms with van der Waals surface area (Å²) < 4.78 is 33.0. The van der Waals surface area contributed by atoms with Gasteiger partial charge in [0.2, 0.25) is 5.78 Å². The quantitative estimate of drug-likeness (QED) is 0.303. The lowest BCUT2D eigenvalue weighted by atomic mass is 9.94. The van der Waals surface area contributed by atoms with Gasteiger partial charge in [0, 0.05) is 23.2 Å². The molecule has 1 saturated carbocycles. The normalized spacial score (nSPS) is 23.4. The van der Waals surface area contributed by atoms with Crippen LogP contribution < -0.4 is 5.14 Å². The van der Waals surface area contributed by atoms with Crippen molar-refractivity contribution in [1.29, 1.82) is 0 Å². The van der Waals surface area contributed by atoms with Crippen molar-refractivity contribution in [2.24, 2.45) is 17.0 Å². The number of aliphatic hydroxyl groups excluding tert-OH is 1. The van der Waals surface area contributed by atoms with E-state index in [9.17, 15) is 18.3 Å². The topological polar surface area (TPSA) is 155 Å². The average molecular weight is 579 g/mol. The van der Waals surface area contributed by atoms with Crippen molar-refractivity contribution >= 4 is 39.0 Å². The molecule has 10 nitrogen and oxygen atoms in total. The van der Waals surface area contributed by atoms with Crippen LogP contribution in [0.15, 0.2) is 30.9 Å². The van der Waals surface area contributed by atoms with Crippen LogP contribution >= 0.6 is 22.9 Å². The number of aromatic nitrogens is 3. The summed E-state index contributed by atoms with van der Waals surface area (Å²) in [7, 11) is -4.08. The molecule has 0 aromatic carbocycles. The third-order valence-corrected chi connectivity index (χ3v) is 8.85. The molecule has 0 saturated heterocycles. The van der Waals surface area contributed by atoms with Gasteiger partial charge in [0.05, 0.1) is 35.5 Å². The van der Waals surface area contributed by atoms with Crippen molar-refractivity contribution in [3.8, 4) is 0 Å². The first kappa shape index (κ1) is 27.3. The van der Waals surface area contributed by atoms with Crippen molar-refractivity contribution < 1.29 is 27.2 Å². The summed E-state index contributed by atoms with van der Waals surface area (Å²) >= 11 is 7.55. The lowest BCUT2D eigenvalue weighted by molar-refractivity contribution is 0.0695. The number of rotatable bonds is 8. The minimum atomic E-state index is -4.08. The lowest BCUT2D eigenvalue weighted by Crippen LogP contribution is -2.24. The first-order chi connectivity index (χ1) is 18.1. The van der Waals surface area contributed by atoms with Gasteiger partial charge < -0.3 is 9.84 Å². The van der Waals surface area contributed by atoms with Crippen molar-refractivity contribution in [3.63, 3.8) is 0 Å². The first-order valence-corrected chi connectivity index (χ1v) is 14.8. The molecule has 1 aliphatic carbocycles. The second-order valence-corrected chi connectivity index (χ2v) is 12.6. The lowest BCUT2D eigenvalue weighted by Gasteiger charge is -2.26. The molecule has 202 valence electrons. The molecule has 1 fully saturated rings. The zero-order valence-corrected chi connectivity index (χ0v) is 22.9. The van der Waals surface area contributed by atoms with E-state index >= 15 is 0 Å². The van der Waals surface area contributed by atoms with Crippen molar-refractivity contribution in [2.45, 2.75) is 44.8 Å². The average Bonchev–Trinajstić information content (AvgIpc) is 3.43. The molecule has 13 heteroatoms. The van der Waals surface area contributed by atoms with Crippen LogP contribution in [-0.2, 0) is 32.1 Å². The van der Waals surface area contributed by atoms with Gasteiger partial charge in [0.1, 0.15) is 17.6 Å². The van der Waals surface area contributed by atoms with Crippen molar-refractivity contribution in [1.82, 2.24) is 15.0 Å².